The monoisotopic (exact) mass is 988 g/mol. The van der Waals surface area contributed by atoms with Crippen molar-refractivity contribution in [2.24, 2.45) is 0 Å². The molecule has 0 unspecified atom stereocenters. The molecular formula is C73H56N4. The van der Waals surface area contributed by atoms with Crippen molar-refractivity contribution < 1.29 is 0 Å². The van der Waals surface area contributed by atoms with Gasteiger partial charge in [0.15, 0.2) is 0 Å². The minimum atomic E-state index is 0.997. The molecule has 0 N–H and O–H groups in total. The zero-order valence-electron chi connectivity index (χ0n) is 42.9. The number of para-hydroxylation sites is 5. The first-order valence-electron chi connectivity index (χ1n) is 26.0. The van der Waals surface area contributed by atoms with E-state index in [1.807, 2.05) is 19.1 Å². The van der Waals surface area contributed by atoms with Crippen LogP contribution in [0.3, 0.4) is 0 Å². The molecule has 0 aliphatic heterocycles. The second-order valence-corrected chi connectivity index (χ2v) is 18.5. The molecule has 0 saturated heterocycles. The molecule has 11 rings (SSSR count). The van der Waals surface area contributed by atoms with Gasteiger partial charge in [0, 0.05) is 68.3 Å². The Morgan fingerprint density at radius 1 is 0.273 bits per heavy atom. The van der Waals surface area contributed by atoms with Gasteiger partial charge >= 0.3 is 0 Å². The summed E-state index contributed by atoms with van der Waals surface area (Å²) in [6, 6.07) is 106. The van der Waals surface area contributed by atoms with Gasteiger partial charge in [0.2, 0.25) is 0 Å². The van der Waals surface area contributed by atoms with Crippen molar-refractivity contribution in [3.05, 3.63) is 321 Å². The molecule has 0 amide bonds. The highest BCUT2D eigenvalue weighted by Crippen LogP contribution is 2.41. The Morgan fingerprint density at radius 2 is 0.468 bits per heavy atom. The molecule has 0 bridgehead atoms. The van der Waals surface area contributed by atoms with Crippen LogP contribution >= 0.6 is 0 Å². The van der Waals surface area contributed by atoms with Gasteiger partial charge in [-0.2, -0.15) is 0 Å². The SMILES string of the molecule is C#C/C=C\C(=C/C)N(c1ccccc1)c1ccc(-c2ccc(N(c3ccccc3)c3ccc(-c4ccc(N(c5ccccc5)c5ccc(-c6ccc(N(c7ccccc7)c7ccccc7)cc6)cc5)cc4)cc3)cc2)cc1. The van der Waals surface area contributed by atoms with E-state index in [0.717, 1.165) is 102 Å². The Kier molecular flexibility index (Phi) is 14.8. The van der Waals surface area contributed by atoms with Crippen molar-refractivity contribution in [2.45, 2.75) is 6.92 Å². The molecule has 4 heteroatoms. The number of terminal acetylenes is 1. The lowest BCUT2D eigenvalue weighted by Crippen LogP contribution is -2.14. The summed E-state index contributed by atoms with van der Waals surface area (Å²) in [6.45, 7) is 2.03. The van der Waals surface area contributed by atoms with Crippen LogP contribution < -0.4 is 19.6 Å². The minimum Gasteiger partial charge on any atom is -0.311 e. The van der Waals surface area contributed by atoms with Gasteiger partial charge in [-0.15, -0.1) is 6.42 Å². The molecule has 0 fully saturated rings. The third-order valence-corrected chi connectivity index (χ3v) is 13.7. The molecule has 368 valence electrons. The molecule has 77 heavy (non-hydrogen) atoms. The van der Waals surface area contributed by atoms with Crippen LogP contribution in [-0.4, -0.2) is 0 Å². The van der Waals surface area contributed by atoms with Crippen LogP contribution in [0.15, 0.2) is 321 Å². The molecule has 0 heterocycles. The molecule has 11 aromatic rings. The first-order valence-corrected chi connectivity index (χ1v) is 26.0. The standard InChI is InChI=1S/C73H56N4/c1-3-5-21-62(4-2)74(63-22-11-6-12-23-63)68-44-32-56(33-45-68)58-36-48-70(49-37-58)76(66-28-17-9-18-29-66)72-52-40-60(41-53-72)61-42-54-73(55-43-61)77(67-30-19-10-20-31-67)71-50-38-59(39-51-71)57-34-46-69(47-35-57)75(64-24-13-7-14-25-64)65-26-15-8-16-27-65/h1,4-55H,2H3/b21-5-,62-4+. The molecule has 0 aliphatic rings. The summed E-state index contributed by atoms with van der Waals surface area (Å²) in [6.07, 6.45) is 11.4. The Hall–Kier alpha value is -10.3. The summed E-state index contributed by atoms with van der Waals surface area (Å²) < 4.78 is 0. The quantitative estimate of drug-likeness (QED) is 0.0706. The van der Waals surface area contributed by atoms with Crippen molar-refractivity contribution in [3.63, 3.8) is 0 Å². The number of allylic oxidation sites excluding steroid dienone is 3. The van der Waals surface area contributed by atoms with Crippen LogP contribution in [0.25, 0.3) is 33.4 Å². The third-order valence-electron chi connectivity index (χ3n) is 13.7. The highest BCUT2D eigenvalue weighted by molar-refractivity contribution is 5.84. The highest BCUT2D eigenvalue weighted by Gasteiger charge is 2.18. The largest absolute Gasteiger partial charge is 0.311 e. The van der Waals surface area contributed by atoms with Crippen LogP contribution in [0.5, 0.6) is 0 Å². The van der Waals surface area contributed by atoms with E-state index in [2.05, 4.69) is 323 Å². The summed E-state index contributed by atoms with van der Waals surface area (Å²) in [5, 5.41) is 0. The van der Waals surface area contributed by atoms with E-state index in [9.17, 15) is 0 Å². The summed E-state index contributed by atoms with van der Waals surface area (Å²) in [5.41, 5.74) is 19.8. The number of benzene rings is 11. The summed E-state index contributed by atoms with van der Waals surface area (Å²) in [7, 11) is 0. The maximum Gasteiger partial charge on any atom is 0.0462 e. The van der Waals surface area contributed by atoms with Crippen molar-refractivity contribution >= 4 is 62.6 Å². The van der Waals surface area contributed by atoms with Crippen molar-refractivity contribution in [2.75, 3.05) is 19.6 Å². The fourth-order valence-electron chi connectivity index (χ4n) is 9.93. The van der Waals surface area contributed by atoms with Gasteiger partial charge in [-0.3, -0.25) is 0 Å². The van der Waals surface area contributed by atoms with Crippen LogP contribution in [0, 0.1) is 12.3 Å². The lowest BCUT2D eigenvalue weighted by Gasteiger charge is -2.27. The maximum atomic E-state index is 5.61. The number of nitrogens with zero attached hydrogens (tertiary/aromatic N) is 4. The predicted octanol–water partition coefficient (Wildman–Crippen LogP) is 20.3. The summed E-state index contributed by atoms with van der Waals surface area (Å²) in [4.78, 5) is 9.13. The molecule has 0 atom stereocenters. The Bertz CT molecular complexity index is 3700. The number of hydrogen-bond donors (Lipinski definition) is 0. The van der Waals surface area contributed by atoms with Gasteiger partial charge in [-0.25, -0.2) is 0 Å². The minimum absolute atomic E-state index is 0.997. The van der Waals surface area contributed by atoms with Gasteiger partial charge in [-0.1, -0.05) is 176 Å². The summed E-state index contributed by atoms with van der Waals surface area (Å²) in [5.74, 6) is 2.63. The normalized spacial score (nSPS) is 11.2. The summed E-state index contributed by atoms with van der Waals surface area (Å²) >= 11 is 0. The smallest absolute Gasteiger partial charge is 0.0462 e. The van der Waals surface area contributed by atoms with E-state index in [1.54, 1.807) is 6.08 Å². The second-order valence-electron chi connectivity index (χ2n) is 18.5. The fourth-order valence-corrected chi connectivity index (χ4v) is 9.93. The Labute approximate surface area is 453 Å². The zero-order chi connectivity index (χ0) is 52.2. The molecule has 11 aromatic carbocycles. The van der Waals surface area contributed by atoms with Crippen LogP contribution in [0.1, 0.15) is 6.92 Å². The zero-order valence-corrected chi connectivity index (χ0v) is 42.9. The first kappa shape index (κ1) is 48.9. The van der Waals surface area contributed by atoms with Crippen molar-refractivity contribution in [1.82, 2.24) is 0 Å². The van der Waals surface area contributed by atoms with Crippen LogP contribution in [0.4, 0.5) is 62.6 Å². The van der Waals surface area contributed by atoms with Gasteiger partial charge in [0.25, 0.3) is 0 Å². The van der Waals surface area contributed by atoms with Gasteiger partial charge < -0.3 is 19.6 Å². The molecule has 0 radical (unpaired) electrons. The van der Waals surface area contributed by atoms with Gasteiger partial charge in [0.1, 0.15) is 0 Å². The van der Waals surface area contributed by atoms with E-state index >= 15 is 0 Å². The van der Waals surface area contributed by atoms with Crippen LogP contribution in [-0.2, 0) is 0 Å². The van der Waals surface area contributed by atoms with Crippen molar-refractivity contribution in [3.8, 4) is 45.7 Å². The second kappa shape index (κ2) is 23.3. The predicted molar refractivity (Wildman–Crippen MR) is 327 cm³/mol. The third kappa shape index (κ3) is 11.0. The van der Waals surface area contributed by atoms with Gasteiger partial charge in [0.05, 0.1) is 0 Å². The van der Waals surface area contributed by atoms with Crippen LogP contribution in [0.2, 0.25) is 0 Å². The fraction of sp³-hybridized carbons (Fsp3) is 0.0137. The van der Waals surface area contributed by atoms with Crippen molar-refractivity contribution in [1.29, 1.82) is 0 Å². The van der Waals surface area contributed by atoms with Gasteiger partial charge in [-0.05, 0) is 186 Å². The Balaban J connectivity index is 0.818. The average Bonchev–Trinajstić information content (AvgIpc) is 3.51. The highest BCUT2D eigenvalue weighted by atomic mass is 15.2. The average molecular weight is 989 g/mol. The molecular weight excluding hydrogens is 933 g/mol. The van der Waals surface area contributed by atoms with E-state index < -0.39 is 0 Å². The van der Waals surface area contributed by atoms with E-state index in [4.69, 9.17) is 6.42 Å². The maximum absolute atomic E-state index is 5.61. The molecule has 4 nitrogen and oxygen atoms in total. The molecule has 0 spiro atoms. The number of hydrogen-bond acceptors (Lipinski definition) is 4. The molecule has 0 aromatic heterocycles. The molecule has 0 aliphatic carbocycles. The number of anilines is 11. The first-order chi connectivity index (χ1) is 38.1. The van der Waals surface area contributed by atoms with E-state index in [1.165, 1.54) is 0 Å². The molecule has 0 saturated carbocycles. The lowest BCUT2D eigenvalue weighted by atomic mass is 10.0. The topological polar surface area (TPSA) is 13.0 Å². The lowest BCUT2D eigenvalue weighted by molar-refractivity contribution is 1.20. The number of rotatable bonds is 16. The Morgan fingerprint density at radius 3 is 0.688 bits per heavy atom. The van der Waals surface area contributed by atoms with E-state index in [0.29, 0.717) is 0 Å². The van der Waals surface area contributed by atoms with E-state index in [-0.39, 0.29) is 0 Å².